The van der Waals surface area contributed by atoms with Gasteiger partial charge in [0, 0.05) is 0 Å². The second-order valence-corrected chi connectivity index (χ2v) is 3.12. The number of aromatic hydroxyl groups is 1. The third kappa shape index (κ3) is 3.73. The molecule has 3 nitrogen and oxygen atoms in total. The Hall–Kier alpha value is -1.84. The molecule has 1 aromatic carbocycles. The number of ether oxygens (including phenoxy) is 1. The summed E-state index contributed by atoms with van der Waals surface area (Å²) in [5.74, 6) is -1.39. The standard InChI is InChI=1S/C12H13FO3/c1-2-16-12(15)5-3-4-9-6-7-11(14)10(13)8-9/h3-4,6-8,14H,2,5H2,1H3. The SMILES string of the molecule is CCOC(=O)CC=Cc1ccc(O)c(F)c1. The van der Waals surface area contributed by atoms with Crippen molar-refractivity contribution in [3.05, 3.63) is 35.7 Å². The summed E-state index contributed by atoms with van der Waals surface area (Å²) in [6.45, 7) is 2.08. The van der Waals surface area contributed by atoms with E-state index >= 15 is 0 Å². The van der Waals surface area contributed by atoms with E-state index in [4.69, 9.17) is 9.84 Å². The lowest BCUT2D eigenvalue weighted by Crippen LogP contribution is -2.01. The fourth-order valence-corrected chi connectivity index (χ4v) is 1.14. The van der Waals surface area contributed by atoms with Crippen LogP contribution >= 0.6 is 0 Å². The molecule has 16 heavy (non-hydrogen) atoms. The Kier molecular flexibility index (Phi) is 4.51. The number of esters is 1. The van der Waals surface area contributed by atoms with Crippen LogP contribution in [0, 0.1) is 5.82 Å². The van der Waals surface area contributed by atoms with Crippen molar-refractivity contribution in [3.8, 4) is 5.75 Å². The lowest BCUT2D eigenvalue weighted by molar-refractivity contribution is -0.142. The molecule has 1 N–H and O–H groups in total. The minimum atomic E-state index is -0.682. The normalized spacial score (nSPS) is 10.6. The summed E-state index contributed by atoms with van der Waals surface area (Å²) >= 11 is 0. The van der Waals surface area contributed by atoms with E-state index in [1.54, 1.807) is 25.1 Å². The van der Waals surface area contributed by atoms with Gasteiger partial charge in [0.15, 0.2) is 11.6 Å². The van der Waals surface area contributed by atoms with E-state index in [9.17, 15) is 9.18 Å². The highest BCUT2D eigenvalue weighted by atomic mass is 19.1. The maximum absolute atomic E-state index is 12.9. The van der Waals surface area contributed by atoms with Crippen molar-refractivity contribution in [3.63, 3.8) is 0 Å². The van der Waals surface area contributed by atoms with Gasteiger partial charge in [0.2, 0.25) is 0 Å². The molecule has 0 spiro atoms. The van der Waals surface area contributed by atoms with Crippen molar-refractivity contribution in [2.75, 3.05) is 6.61 Å². The second-order valence-electron chi connectivity index (χ2n) is 3.12. The lowest BCUT2D eigenvalue weighted by atomic mass is 10.2. The zero-order valence-corrected chi connectivity index (χ0v) is 8.94. The number of benzene rings is 1. The van der Waals surface area contributed by atoms with Gasteiger partial charge in [0.25, 0.3) is 0 Å². The average molecular weight is 224 g/mol. The minimum absolute atomic E-state index is 0.149. The first-order chi connectivity index (χ1) is 7.63. The van der Waals surface area contributed by atoms with Crippen LogP contribution in [0.2, 0.25) is 0 Å². The monoisotopic (exact) mass is 224 g/mol. The molecule has 0 amide bonds. The molecule has 0 aliphatic heterocycles. The van der Waals surface area contributed by atoms with Crippen LogP contribution < -0.4 is 0 Å². The van der Waals surface area contributed by atoms with Crippen LogP contribution in [-0.2, 0) is 9.53 Å². The summed E-state index contributed by atoms with van der Waals surface area (Å²) < 4.78 is 17.6. The van der Waals surface area contributed by atoms with Crippen LogP contribution in [0.4, 0.5) is 4.39 Å². The van der Waals surface area contributed by atoms with E-state index in [2.05, 4.69) is 0 Å². The number of carbonyl (C=O) groups excluding carboxylic acids is 1. The van der Waals surface area contributed by atoms with Crippen molar-refractivity contribution in [2.24, 2.45) is 0 Å². The topological polar surface area (TPSA) is 46.5 Å². The largest absolute Gasteiger partial charge is 0.505 e. The highest BCUT2D eigenvalue weighted by molar-refractivity contribution is 5.72. The van der Waals surface area contributed by atoms with Crippen LogP contribution in [0.5, 0.6) is 5.75 Å². The Morgan fingerprint density at radius 1 is 1.56 bits per heavy atom. The molecule has 0 unspecified atom stereocenters. The van der Waals surface area contributed by atoms with Gasteiger partial charge in [-0.05, 0) is 24.6 Å². The minimum Gasteiger partial charge on any atom is -0.505 e. The van der Waals surface area contributed by atoms with Crippen molar-refractivity contribution < 1.29 is 19.0 Å². The Balaban J connectivity index is 2.56. The predicted octanol–water partition coefficient (Wildman–Crippen LogP) is 2.50. The molecule has 0 aliphatic carbocycles. The first-order valence-corrected chi connectivity index (χ1v) is 4.94. The Labute approximate surface area is 93.2 Å². The molecule has 0 radical (unpaired) electrons. The van der Waals surface area contributed by atoms with Gasteiger partial charge in [0.05, 0.1) is 13.0 Å². The molecule has 1 aromatic rings. The fourth-order valence-electron chi connectivity index (χ4n) is 1.14. The molecule has 1 rings (SSSR count). The van der Waals surface area contributed by atoms with Crippen LogP contribution in [0.25, 0.3) is 6.08 Å². The highest BCUT2D eigenvalue weighted by Gasteiger charge is 2.00. The number of halogens is 1. The van der Waals surface area contributed by atoms with Crippen molar-refractivity contribution in [1.82, 2.24) is 0 Å². The first-order valence-electron chi connectivity index (χ1n) is 4.94. The third-order valence-corrected chi connectivity index (χ3v) is 1.87. The van der Waals surface area contributed by atoms with Gasteiger partial charge in [-0.3, -0.25) is 4.79 Å². The molecular formula is C12H13FO3. The summed E-state index contributed by atoms with van der Waals surface area (Å²) in [4.78, 5) is 11.0. The zero-order valence-electron chi connectivity index (χ0n) is 8.94. The molecular weight excluding hydrogens is 211 g/mol. The Bertz CT molecular complexity index is 399. The number of phenols is 1. The Morgan fingerprint density at radius 3 is 2.94 bits per heavy atom. The smallest absolute Gasteiger partial charge is 0.309 e. The van der Waals surface area contributed by atoms with E-state index in [-0.39, 0.29) is 18.1 Å². The molecule has 0 fully saturated rings. The summed E-state index contributed by atoms with van der Waals surface area (Å²) in [6, 6.07) is 4.01. The van der Waals surface area contributed by atoms with E-state index < -0.39 is 5.82 Å². The predicted molar refractivity (Wildman–Crippen MR) is 58.3 cm³/mol. The van der Waals surface area contributed by atoms with E-state index in [0.717, 1.165) is 0 Å². The number of carbonyl (C=O) groups is 1. The van der Waals surface area contributed by atoms with Crippen LogP contribution in [0.15, 0.2) is 24.3 Å². The zero-order chi connectivity index (χ0) is 12.0. The summed E-state index contributed by atoms with van der Waals surface area (Å²) in [5.41, 5.74) is 0.583. The van der Waals surface area contributed by atoms with Gasteiger partial charge in [-0.2, -0.15) is 0 Å². The molecule has 0 aromatic heterocycles. The highest BCUT2D eigenvalue weighted by Crippen LogP contribution is 2.16. The van der Waals surface area contributed by atoms with Gasteiger partial charge in [-0.1, -0.05) is 18.2 Å². The molecule has 0 bridgehead atoms. The molecule has 0 heterocycles. The molecule has 0 atom stereocenters. The van der Waals surface area contributed by atoms with Crippen LogP contribution in [0.1, 0.15) is 18.9 Å². The molecule has 86 valence electrons. The molecule has 4 heteroatoms. The van der Waals surface area contributed by atoms with Gasteiger partial charge in [-0.25, -0.2) is 4.39 Å². The van der Waals surface area contributed by atoms with Crippen molar-refractivity contribution in [1.29, 1.82) is 0 Å². The van der Waals surface area contributed by atoms with Crippen molar-refractivity contribution >= 4 is 12.0 Å². The maximum atomic E-state index is 12.9. The summed E-state index contributed by atoms with van der Waals surface area (Å²) in [5, 5.41) is 8.95. The van der Waals surface area contributed by atoms with E-state index in [0.29, 0.717) is 12.2 Å². The quantitative estimate of drug-likeness (QED) is 0.799. The van der Waals surface area contributed by atoms with Crippen LogP contribution in [0.3, 0.4) is 0 Å². The fraction of sp³-hybridized carbons (Fsp3) is 0.250. The number of hydrogen-bond donors (Lipinski definition) is 1. The average Bonchev–Trinajstić information content (AvgIpc) is 2.24. The van der Waals surface area contributed by atoms with Crippen LogP contribution in [-0.4, -0.2) is 17.7 Å². The molecule has 0 saturated carbocycles. The van der Waals surface area contributed by atoms with E-state index in [1.165, 1.54) is 12.1 Å². The number of hydrogen-bond acceptors (Lipinski definition) is 3. The summed E-state index contributed by atoms with van der Waals surface area (Å²) in [6.07, 6.45) is 3.33. The third-order valence-electron chi connectivity index (χ3n) is 1.87. The Morgan fingerprint density at radius 2 is 2.31 bits per heavy atom. The number of rotatable bonds is 4. The first kappa shape index (κ1) is 12.2. The summed E-state index contributed by atoms with van der Waals surface area (Å²) in [7, 11) is 0. The van der Waals surface area contributed by atoms with E-state index in [1.807, 2.05) is 0 Å². The lowest BCUT2D eigenvalue weighted by Gasteiger charge is -1.98. The second kappa shape index (κ2) is 5.90. The number of phenolic OH excluding ortho intramolecular Hbond substituents is 1. The van der Waals surface area contributed by atoms with Gasteiger partial charge in [-0.15, -0.1) is 0 Å². The van der Waals surface area contributed by atoms with Gasteiger partial charge >= 0.3 is 5.97 Å². The maximum Gasteiger partial charge on any atom is 0.309 e. The molecule has 0 aliphatic rings. The molecule has 0 saturated heterocycles. The van der Waals surface area contributed by atoms with Crippen molar-refractivity contribution in [2.45, 2.75) is 13.3 Å². The van der Waals surface area contributed by atoms with Gasteiger partial charge in [0.1, 0.15) is 0 Å². The van der Waals surface area contributed by atoms with Gasteiger partial charge < -0.3 is 9.84 Å².